The number of rotatable bonds is 0. The summed E-state index contributed by atoms with van der Waals surface area (Å²) in [6.07, 6.45) is 4.68. The zero-order chi connectivity index (χ0) is 12.7. The van der Waals surface area contributed by atoms with E-state index in [-0.39, 0.29) is 0 Å². The van der Waals surface area contributed by atoms with Crippen molar-refractivity contribution in [3.63, 3.8) is 0 Å². The molecule has 2 heteroatoms. The molecule has 18 heavy (non-hydrogen) atoms. The summed E-state index contributed by atoms with van der Waals surface area (Å²) in [6.45, 7) is 2.24. The fourth-order valence-electron chi connectivity index (χ4n) is 2.54. The lowest BCUT2D eigenvalue weighted by atomic mass is 10.1. The molecule has 0 amide bonds. The Hall–Kier alpha value is -0.960. The van der Waals surface area contributed by atoms with E-state index >= 15 is 0 Å². The van der Waals surface area contributed by atoms with Crippen molar-refractivity contribution < 1.29 is 0 Å². The van der Waals surface area contributed by atoms with Crippen molar-refractivity contribution in [2.45, 2.75) is 6.92 Å². The van der Waals surface area contributed by atoms with Crippen LogP contribution in [0.2, 0.25) is 0 Å². The smallest absolute Gasteiger partial charge is 0.00635 e. The predicted molar refractivity (Wildman–Crippen MR) is 86.6 cm³/mol. The molecule has 90 valence electrons. The molecule has 0 aliphatic heterocycles. The van der Waals surface area contributed by atoms with Crippen LogP contribution >= 0.6 is 18.5 Å². The van der Waals surface area contributed by atoms with E-state index in [1.54, 1.807) is 0 Å². The maximum Gasteiger partial charge on any atom is -0.00635 e. The van der Waals surface area contributed by atoms with Gasteiger partial charge >= 0.3 is 0 Å². The van der Waals surface area contributed by atoms with Crippen LogP contribution < -0.4 is 21.0 Å². The minimum absolute atomic E-state index is 0.462. The molecular formula is C16H16P2. The van der Waals surface area contributed by atoms with Gasteiger partial charge in [0.2, 0.25) is 0 Å². The summed E-state index contributed by atoms with van der Waals surface area (Å²) in [5, 5.41) is 7.82. The molecular weight excluding hydrogens is 254 g/mol. The first-order valence-electron chi connectivity index (χ1n) is 6.12. The predicted octanol–water partition coefficient (Wildman–Crippen LogP) is 1.19. The maximum absolute atomic E-state index is 2.78. The lowest BCUT2D eigenvalue weighted by Crippen LogP contribution is -2.12. The SMILES string of the molecule is CC1C=c2cc(P)ccc2=c2ccc(P)cc2=C1. The van der Waals surface area contributed by atoms with E-state index in [1.807, 2.05) is 0 Å². The highest BCUT2D eigenvalue weighted by Crippen LogP contribution is 2.03. The monoisotopic (exact) mass is 270 g/mol. The average Bonchev–Trinajstić information content (AvgIpc) is 2.42. The minimum atomic E-state index is 0.462. The highest BCUT2D eigenvalue weighted by Gasteiger charge is 2.00. The molecule has 2 aromatic rings. The van der Waals surface area contributed by atoms with Gasteiger partial charge in [-0.25, -0.2) is 0 Å². The van der Waals surface area contributed by atoms with Crippen LogP contribution in [-0.2, 0) is 0 Å². The van der Waals surface area contributed by atoms with Crippen molar-refractivity contribution in [2.24, 2.45) is 5.92 Å². The van der Waals surface area contributed by atoms with E-state index in [0.29, 0.717) is 5.92 Å². The Labute approximate surface area is 112 Å². The highest BCUT2D eigenvalue weighted by molar-refractivity contribution is 7.27. The standard InChI is InChI=1S/C16H16P2/c1-10-6-11-8-13(17)2-4-15(11)16-5-3-14(18)9-12(16)7-10/h2-10H,17-18H2,1H3. The van der Waals surface area contributed by atoms with Crippen molar-refractivity contribution in [1.29, 1.82) is 0 Å². The van der Waals surface area contributed by atoms with E-state index in [4.69, 9.17) is 0 Å². The van der Waals surface area contributed by atoms with Crippen LogP contribution in [0.25, 0.3) is 12.2 Å². The van der Waals surface area contributed by atoms with Gasteiger partial charge in [0.15, 0.2) is 0 Å². The summed E-state index contributed by atoms with van der Waals surface area (Å²) in [5.74, 6) is 0.462. The zero-order valence-corrected chi connectivity index (χ0v) is 12.7. The van der Waals surface area contributed by atoms with Gasteiger partial charge in [-0.15, -0.1) is 18.5 Å². The molecule has 2 atom stereocenters. The first-order chi connectivity index (χ1) is 8.63. The first-order valence-corrected chi connectivity index (χ1v) is 7.28. The van der Waals surface area contributed by atoms with Crippen molar-refractivity contribution in [3.05, 3.63) is 57.3 Å². The molecule has 2 unspecified atom stereocenters. The molecule has 1 aliphatic carbocycles. The second kappa shape index (κ2) is 4.61. The van der Waals surface area contributed by atoms with Gasteiger partial charge in [-0.3, -0.25) is 0 Å². The summed E-state index contributed by atoms with van der Waals surface area (Å²) in [5.41, 5.74) is 0. The van der Waals surface area contributed by atoms with Gasteiger partial charge in [-0.05, 0) is 49.5 Å². The normalized spacial score (nSPS) is 13.9. The summed E-state index contributed by atoms with van der Waals surface area (Å²) in [4.78, 5) is 0. The van der Waals surface area contributed by atoms with Gasteiger partial charge in [0, 0.05) is 0 Å². The molecule has 0 N–H and O–H groups in total. The van der Waals surface area contributed by atoms with Gasteiger partial charge in [0.1, 0.15) is 0 Å². The van der Waals surface area contributed by atoms with Crippen LogP contribution in [0.1, 0.15) is 6.92 Å². The molecule has 0 heterocycles. The summed E-state index contributed by atoms with van der Waals surface area (Å²) >= 11 is 0. The molecule has 0 spiro atoms. The third-order valence-electron chi connectivity index (χ3n) is 3.33. The van der Waals surface area contributed by atoms with Crippen LogP contribution in [0.15, 0.2) is 36.4 Å². The van der Waals surface area contributed by atoms with E-state index in [0.717, 1.165) is 0 Å². The second-order valence-corrected chi connectivity index (χ2v) is 6.22. The van der Waals surface area contributed by atoms with E-state index in [9.17, 15) is 0 Å². The Morgan fingerprint density at radius 2 is 1.22 bits per heavy atom. The maximum atomic E-state index is 2.78. The Morgan fingerprint density at radius 3 is 1.67 bits per heavy atom. The average molecular weight is 270 g/mol. The second-order valence-electron chi connectivity index (χ2n) is 4.89. The van der Waals surface area contributed by atoms with Crippen molar-refractivity contribution in [3.8, 4) is 0 Å². The Bertz CT molecular complexity index is 750. The molecule has 0 fully saturated rings. The fraction of sp³-hybridized carbons (Fsp3) is 0.125. The van der Waals surface area contributed by atoms with Gasteiger partial charge in [0.05, 0.1) is 0 Å². The van der Waals surface area contributed by atoms with Crippen molar-refractivity contribution in [1.82, 2.24) is 0 Å². The van der Waals surface area contributed by atoms with Crippen molar-refractivity contribution >= 4 is 41.2 Å². The third-order valence-corrected chi connectivity index (χ3v) is 4.04. The van der Waals surface area contributed by atoms with E-state index in [1.165, 1.54) is 31.5 Å². The number of fused-ring (bicyclic) bond motifs is 2. The Morgan fingerprint density at radius 1 is 0.778 bits per heavy atom. The minimum Gasteiger partial charge on any atom is -0.106 e. The van der Waals surface area contributed by atoms with Gasteiger partial charge in [-0.1, -0.05) is 43.3 Å². The number of hydrogen-bond donors (Lipinski definition) is 0. The lowest BCUT2D eigenvalue weighted by molar-refractivity contribution is 1.06. The van der Waals surface area contributed by atoms with Crippen LogP contribution in [0.5, 0.6) is 0 Å². The van der Waals surface area contributed by atoms with Crippen LogP contribution in [0.3, 0.4) is 0 Å². The summed E-state index contributed by atoms with van der Waals surface area (Å²) in [6, 6.07) is 13.3. The molecule has 0 saturated carbocycles. The van der Waals surface area contributed by atoms with Crippen LogP contribution in [0, 0.1) is 16.4 Å². The topological polar surface area (TPSA) is 0 Å². The van der Waals surface area contributed by atoms with Crippen molar-refractivity contribution in [2.75, 3.05) is 0 Å². The van der Waals surface area contributed by atoms with Crippen LogP contribution in [0.4, 0.5) is 0 Å². The molecule has 0 aromatic heterocycles. The fourth-order valence-corrected chi connectivity index (χ4v) is 3.09. The third kappa shape index (κ3) is 2.16. The molecule has 1 aliphatic rings. The van der Waals surface area contributed by atoms with Gasteiger partial charge in [-0.2, -0.15) is 0 Å². The Balaban J connectivity index is 2.63. The van der Waals surface area contributed by atoms with Gasteiger partial charge in [0.25, 0.3) is 0 Å². The molecule has 3 rings (SSSR count). The lowest BCUT2D eigenvalue weighted by Gasteiger charge is -1.96. The zero-order valence-electron chi connectivity index (χ0n) is 10.4. The Kier molecular flexibility index (Phi) is 3.10. The van der Waals surface area contributed by atoms with Gasteiger partial charge < -0.3 is 0 Å². The first kappa shape index (κ1) is 12.1. The largest absolute Gasteiger partial charge is 0.106 e. The molecule has 0 saturated heterocycles. The summed E-state index contributed by atoms with van der Waals surface area (Å²) < 4.78 is 0. The molecule has 0 radical (unpaired) electrons. The summed E-state index contributed by atoms with van der Waals surface area (Å²) in [7, 11) is 5.55. The molecule has 2 aromatic carbocycles. The number of hydrogen-bond acceptors (Lipinski definition) is 0. The molecule has 0 bridgehead atoms. The van der Waals surface area contributed by atoms with E-state index in [2.05, 4.69) is 74.0 Å². The van der Waals surface area contributed by atoms with E-state index < -0.39 is 0 Å². The highest BCUT2D eigenvalue weighted by atomic mass is 31.0. The number of benzene rings is 2. The van der Waals surface area contributed by atoms with Crippen LogP contribution in [-0.4, -0.2) is 0 Å². The quantitative estimate of drug-likeness (QED) is 0.631. The molecule has 0 nitrogen and oxygen atoms in total.